The molecule has 134 valence electrons. The van der Waals surface area contributed by atoms with E-state index in [-0.39, 0.29) is 17.9 Å². The summed E-state index contributed by atoms with van der Waals surface area (Å²) in [5, 5.41) is 21.3. The van der Waals surface area contributed by atoms with Crippen LogP contribution in [0.15, 0.2) is 6.20 Å². The highest BCUT2D eigenvalue weighted by Crippen LogP contribution is 2.28. The largest absolute Gasteiger partial charge is 0.384 e. The molecular formula is C17H30N5O2+. The molecule has 1 unspecified atom stereocenters. The second-order valence-corrected chi connectivity index (χ2v) is 8.25. The number of quaternary nitrogens is 1. The Morgan fingerprint density at radius 2 is 2.29 bits per heavy atom. The predicted octanol–water partition coefficient (Wildman–Crippen LogP) is -0.677. The molecule has 0 aromatic carbocycles. The smallest absolute Gasteiger partial charge is 0.229 e. The number of hydrogen-bond acceptors (Lipinski definition) is 4. The Bertz CT molecular complexity index is 592. The molecule has 3 aliphatic heterocycles. The van der Waals surface area contributed by atoms with Crippen molar-refractivity contribution in [3.05, 3.63) is 11.9 Å². The quantitative estimate of drug-likeness (QED) is 0.665. The fraction of sp³-hybridized carbons (Fsp3) is 0.824. The molecule has 3 N–H and O–H groups in total. The van der Waals surface area contributed by atoms with Gasteiger partial charge in [0.25, 0.3) is 0 Å². The molecule has 3 saturated heterocycles. The number of piperidine rings is 3. The van der Waals surface area contributed by atoms with Crippen molar-refractivity contribution in [1.29, 1.82) is 0 Å². The van der Waals surface area contributed by atoms with Crippen molar-refractivity contribution in [2.75, 3.05) is 13.1 Å². The molecule has 7 heteroatoms. The molecule has 0 radical (unpaired) electrons. The summed E-state index contributed by atoms with van der Waals surface area (Å²) in [4.78, 5) is 13.9. The van der Waals surface area contributed by atoms with Crippen molar-refractivity contribution in [1.82, 2.24) is 20.3 Å². The van der Waals surface area contributed by atoms with E-state index in [1.54, 1.807) is 13.8 Å². The number of aromatic nitrogens is 3. The Balaban J connectivity index is 1.62. The average Bonchev–Trinajstić information content (AvgIpc) is 2.96. The first kappa shape index (κ1) is 17.4. The van der Waals surface area contributed by atoms with Gasteiger partial charge < -0.3 is 15.3 Å². The first-order valence-electron chi connectivity index (χ1n) is 9.02. The Morgan fingerprint density at radius 1 is 1.54 bits per heavy atom. The number of fused-ring (bicyclic) bond motifs is 3. The third-order valence-corrected chi connectivity index (χ3v) is 5.39. The number of carbonyl (C=O) groups excluding carboxylic acids is 1. The molecule has 3 aliphatic rings. The Hall–Kier alpha value is -1.47. The average molecular weight is 336 g/mol. The molecule has 0 aliphatic carbocycles. The van der Waals surface area contributed by atoms with Crippen LogP contribution in [-0.2, 0) is 16.9 Å². The lowest BCUT2D eigenvalue weighted by Gasteiger charge is -2.46. The van der Waals surface area contributed by atoms with Gasteiger partial charge in [-0.2, -0.15) is 0 Å². The lowest BCUT2D eigenvalue weighted by molar-refractivity contribution is -0.945. The van der Waals surface area contributed by atoms with Gasteiger partial charge in [0.05, 0.1) is 31.7 Å². The zero-order valence-electron chi connectivity index (χ0n) is 15.1. The second-order valence-electron chi connectivity index (χ2n) is 8.25. The van der Waals surface area contributed by atoms with E-state index in [0.717, 1.165) is 32.5 Å². The molecular weight excluding hydrogens is 306 g/mol. The van der Waals surface area contributed by atoms with Gasteiger partial charge in [0.1, 0.15) is 17.3 Å². The fourth-order valence-corrected chi connectivity index (χ4v) is 4.10. The number of nitrogens with one attached hydrogen (secondary N) is 2. The lowest BCUT2D eigenvalue weighted by atomic mass is 9.75. The van der Waals surface area contributed by atoms with Crippen molar-refractivity contribution in [3.63, 3.8) is 0 Å². The number of carbonyl (C=O) groups is 1. The molecule has 0 saturated carbocycles. The van der Waals surface area contributed by atoms with Gasteiger partial charge in [0.15, 0.2) is 0 Å². The van der Waals surface area contributed by atoms with E-state index in [0.29, 0.717) is 17.7 Å². The molecule has 2 bridgehead atoms. The van der Waals surface area contributed by atoms with Crippen molar-refractivity contribution in [2.45, 2.75) is 64.8 Å². The number of nitrogens with zero attached hydrogens (tertiary/aromatic N) is 3. The zero-order chi connectivity index (χ0) is 17.5. The van der Waals surface area contributed by atoms with E-state index in [1.807, 2.05) is 24.7 Å². The third kappa shape index (κ3) is 3.62. The van der Waals surface area contributed by atoms with Crippen LogP contribution in [0.4, 0.5) is 0 Å². The molecule has 24 heavy (non-hydrogen) atoms. The van der Waals surface area contributed by atoms with Crippen LogP contribution in [0.3, 0.4) is 0 Å². The second kappa shape index (κ2) is 6.44. The normalized spacial score (nSPS) is 29.9. The highest BCUT2D eigenvalue weighted by molar-refractivity contribution is 5.79. The minimum absolute atomic E-state index is 0.148. The van der Waals surface area contributed by atoms with Gasteiger partial charge in [-0.25, -0.2) is 4.68 Å². The van der Waals surface area contributed by atoms with Gasteiger partial charge in [-0.15, -0.1) is 5.10 Å². The summed E-state index contributed by atoms with van der Waals surface area (Å²) < 4.78 is 1.84. The van der Waals surface area contributed by atoms with E-state index in [4.69, 9.17) is 0 Å². The third-order valence-electron chi connectivity index (χ3n) is 5.39. The molecule has 1 aromatic rings. The Kier molecular flexibility index (Phi) is 4.66. The summed E-state index contributed by atoms with van der Waals surface area (Å²) in [5.41, 5.74) is -0.362. The van der Waals surface area contributed by atoms with Crippen LogP contribution in [0.2, 0.25) is 0 Å². The molecule has 1 aromatic heterocycles. The van der Waals surface area contributed by atoms with Crippen LogP contribution in [0, 0.1) is 11.8 Å². The summed E-state index contributed by atoms with van der Waals surface area (Å²) in [7, 11) is 0. The molecule has 3 fully saturated rings. The number of aliphatic hydroxyl groups is 1. The van der Waals surface area contributed by atoms with Gasteiger partial charge in [-0.3, -0.25) is 4.79 Å². The predicted molar refractivity (Wildman–Crippen MR) is 89.2 cm³/mol. The Labute approximate surface area is 143 Å². The number of rotatable bonds is 5. The number of amides is 1. The van der Waals surface area contributed by atoms with Gasteiger partial charge >= 0.3 is 0 Å². The zero-order valence-corrected chi connectivity index (χ0v) is 15.1. The summed E-state index contributed by atoms with van der Waals surface area (Å²) >= 11 is 0. The summed E-state index contributed by atoms with van der Waals surface area (Å²) in [6.45, 7) is 10.3. The van der Waals surface area contributed by atoms with Crippen LogP contribution in [0.5, 0.6) is 0 Å². The Morgan fingerprint density at radius 3 is 2.83 bits per heavy atom. The maximum atomic E-state index is 12.4. The lowest BCUT2D eigenvalue weighted by Crippen LogP contribution is -3.20. The van der Waals surface area contributed by atoms with Crippen molar-refractivity contribution in [2.24, 2.45) is 11.8 Å². The van der Waals surface area contributed by atoms with E-state index in [2.05, 4.69) is 15.6 Å². The van der Waals surface area contributed by atoms with Crippen molar-refractivity contribution >= 4 is 5.91 Å². The van der Waals surface area contributed by atoms with Crippen LogP contribution in [0.1, 0.15) is 46.2 Å². The molecule has 1 amide bonds. The molecule has 4 atom stereocenters. The minimum atomic E-state index is -0.961. The van der Waals surface area contributed by atoms with E-state index >= 15 is 0 Å². The van der Waals surface area contributed by atoms with Gasteiger partial charge in [-0.1, -0.05) is 5.21 Å². The highest BCUT2D eigenvalue weighted by Gasteiger charge is 2.46. The minimum Gasteiger partial charge on any atom is -0.384 e. The van der Waals surface area contributed by atoms with Crippen LogP contribution in [-0.4, -0.2) is 51.2 Å². The monoisotopic (exact) mass is 336 g/mol. The van der Waals surface area contributed by atoms with Crippen LogP contribution >= 0.6 is 0 Å². The molecule has 4 heterocycles. The van der Waals surface area contributed by atoms with Crippen molar-refractivity contribution < 1.29 is 14.8 Å². The van der Waals surface area contributed by atoms with Crippen molar-refractivity contribution in [3.8, 4) is 0 Å². The SMILES string of the molecule is CC(C)NC(=O)[C@H]1C[NH+]2CC[C@@H]1C[C@@H]2Cn1cc(C(C)(C)O)nn1. The van der Waals surface area contributed by atoms with E-state index < -0.39 is 5.60 Å². The molecule has 7 nitrogen and oxygen atoms in total. The molecule has 4 rings (SSSR count). The maximum Gasteiger partial charge on any atom is 0.229 e. The van der Waals surface area contributed by atoms with E-state index in [9.17, 15) is 9.90 Å². The van der Waals surface area contributed by atoms with Crippen LogP contribution in [0.25, 0.3) is 0 Å². The maximum absolute atomic E-state index is 12.4. The van der Waals surface area contributed by atoms with Gasteiger partial charge in [0, 0.05) is 18.9 Å². The van der Waals surface area contributed by atoms with E-state index in [1.165, 1.54) is 4.90 Å². The fourth-order valence-electron chi connectivity index (χ4n) is 4.10. The first-order chi connectivity index (χ1) is 11.2. The molecule has 0 spiro atoms. The summed E-state index contributed by atoms with van der Waals surface area (Å²) in [6.07, 6.45) is 4.03. The summed E-state index contributed by atoms with van der Waals surface area (Å²) in [5.74, 6) is 0.842. The highest BCUT2D eigenvalue weighted by atomic mass is 16.3. The first-order valence-corrected chi connectivity index (χ1v) is 9.02. The summed E-state index contributed by atoms with van der Waals surface area (Å²) in [6, 6.07) is 0.678. The van der Waals surface area contributed by atoms with Gasteiger partial charge in [-0.05, 0) is 33.6 Å². The van der Waals surface area contributed by atoms with Gasteiger partial charge in [0.2, 0.25) is 5.91 Å². The van der Waals surface area contributed by atoms with Crippen LogP contribution < -0.4 is 10.2 Å². The standard InChI is InChI=1S/C17H29N5O2/c1-11(2)18-16(23)14-9-21-6-5-12(14)7-13(21)8-22-10-15(19-20-22)17(3,4)24/h10-14,24H,5-9H2,1-4H3,(H,18,23)/p+1/t12-,13-,14+/m1/s1. The number of hydrogen-bond donors (Lipinski definition) is 3. The topological polar surface area (TPSA) is 84.5 Å².